The summed E-state index contributed by atoms with van der Waals surface area (Å²) in [5, 5.41) is 6.43. The molecule has 17 heavy (non-hydrogen) atoms. The van der Waals surface area contributed by atoms with E-state index in [1.807, 2.05) is 0 Å². The Labute approximate surface area is 99.8 Å². The SMILES string of the molecule is CN1CCNCC1CNc1ccc(F)c(F)c1. The van der Waals surface area contributed by atoms with Gasteiger partial charge in [-0.15, -0.1) is 0 Å². The Morgan fingerprint density at radius 3 is 2.94 bits per heavy atom. The van der Waals surface area contributed by atoms with Crippen LogP contribution in [0.25, 0.3) is 0 Å². The van der Waals surface area contributed by atoms with Crippen molar-refractivity contribution in [2.45, 2.75) is 6.04 Å². The molecule has 0 amide bonds. The van der Waals surface area contributed by atoms with E-state index in [0.29, 0.717) is 18.3 Å². The Bertz CT molecular complexity index is 384. The van der Waals surface area contributed by atoms with Gasteiger partial charge in [-0.3, -0.25) is 4.90 Å². The molecule has 2 N–H and O–H groups in total. The van der Waals surface area contributed by atoms with E-state index in [1.165, 1.54) is 6.07 Å². The van der Waals surface area contributed by atoms with Crippen LogP contribution in [0, 0.1) is 11.6 Å². The summed E-state index contributed by atoms with van der Waals surface area (Å²) in [5.41, 5.74) is 0.614. The summed E-state index contributed by atoms with van der Waals surface area (Å²) < 4.78 is 25.7. The molecule has 1 aromatic carbocycles. The standard InChI is InChI=1S/C12H17F2N3/c1-17-5-4-15-7-10(17)8-16-9-2-3-11(13)12(14)6-9/h2-3,6,10,15-16H,4-5,7-8H2,1H3. The van der Waals surface area contributed by atoms with Crippen LogP contribution in [-0.4, -0.2) is 44.2 Å². The number of benzene rings is 1. The van der Waals surface area contributed by atoms with E-state index >= 15 is 0 Å². The molecular formula is C12H17F2N3. The Balaban J connectivity index is 1.90. The van der Waals surface area contributed by atoms with Crippen molar-refractivity contribution in [1.29, 1.82) is 0 Å². The molecule has 5 heteroatoms. The number of rotatable bonds is 3. The van der Waals surface area contributed by atoms with Crippen LogP contribution >= 0.6 is 0 Å². The third-order valence-electron chi connectivity index (χ3n) is 3.11. The Morgan fingerprint density at radius 2 is 2.24 bits per heavy atom. The zero-order valence-electron chi connectivity index (χ0n) is 9.84. The van der Waals surface area contributed by atoms with Crippen LogP contribution in [-0.2, 0) is 0 Å². The first-order valence-electron chi connectivity index (χ1n) is 5.76. The number of nitrogens with zero attached hydrogens (tertiary/aromatic N) is 1. The lowest BCUT2D eigenvalue weighted by Crippen LogP contribution is -2.52. The van der Waals surface area contributed by atoms with E-state index < -0.39 is 11.6 Å². The summed E-state index contributed by atoms with van der Waals surface area (Å²) in [4.78, 5) is 2.25. The largest absolute Gasteiger partial charge is 0.383 e. The molecule has 94 valence electrons. The minimum atomic E-state index is -0.815. The first-order valence-corrected chi connectivity index (χ1v) is 5.76. The number of halogens is 2. The maximum atomic E-state index is 13.0. The number of anilines is 1. The summed E-state index contributed by atoms with van der Waals surface area (Å²) >= 11 is 0. The Morgan fingerprint density at radius 1 is 1.41 bits per heavy atom. The zero-order valence-corrected chi connectivity index (χ0v) is 9.84. The quantitative estimate of drug-likeness (QED) is 0.835. The van der Waals surface area contributed by atoms with Gasteiger partial charge in [0.2, 0.25) is 0 Å². The fourth-order valence-electron chi connectivity index (χ4n) is 1.93. The molecular weight excluding hydrogens is 224 g/mol. The van der Waals surface area contributed by atoms with Crippen molar-refractivity contribution in [3.63, 3.8) is 0 Å². The van der Waals surface area contributed by atoms with E-state index in [9.17, 15) is 8.78 Å². The minimum absolute atomic E-state index is 0.372. The molecule has 3 nitrogen and oxygen atoms in total. The zero-order chi connectivity index (χ0) is 12.3. The summed E-state index contributed by atoms with van der Waals surface area (Å²) in [7, 11) is 2.07. The van der Waals surface area contributed by atoms with Crippen molar-refractivity contribution < 1.29 is 8.78 Å². The van der Waals surface area contributed by atoms with Crippen molar-refractivity contribution in [3.8, 4) is 0 Å². The Hall–Kier alpha value is -1.20. The van der Waals surface area contributed by atoms with Crippen LogP contribution < -0.4 is 10.6 Å². The molecule has 1 heterocycles. The van der Waals surface area contributed by atoms with E-state index in [-0.39, 0.29) is 0 Å². The highest BCUT2D eigenvalue weighted by molar-refractivity contribution is 5.43. The molecule has 0 aromatic heterocycles. The molecule has 0 bridgehead atoms. The monoisotopic (exact) mass is 241 g/mol. The van der Waals surface area contributed by atoms with Crippen molar-refractivity contribution in [2.24, 2.45) is 0 Å². The van der Waals surface area contributed by atoms with Crippen molar-refractivity contribution in [1.82, 2.24) is 10.2 Å². The first kappa shape index (κ1) is 12.3. The fraction of sp³-hybridized carbons (Fsp3) is 0.500. The maximum absolute atomic E-state index is 13.0. The topological polar surface area (TPSA) is 27.3 Å². The second-order valence-corrected chi connectivity index (χ2v) is 4.35. The van der Waals surface area contributed by atoms with Crippen LogP contribution in [0.15, 0.2) is 18.2 Å². The lowest BCUT2D eigenvalue weighted by molar-refractivity contribution is 0.209. The average Bonchev–Trinajstić information content (AvgIpc) is 2.32. The molecule has 0 radical (unpaired) electrons. The average molecular weight is 241 g/mol. The smallest absolute Gasteiger partial charge is 0.160 e. The lowest BCUT2D eigenvalue weighted by atomic mass is 10.2. The highest BCUT2D eigenvalue weighted by Gasteiger charge is 2.17. The van der Waals surface area contributed by atoms with Crippen LogP contribution in [0.2, 0.25) is 0 Å². The molecule has 1 atom stereocenters. The summed E-state index contributed by atoms with van der Waals surface area (Å²) in [6.07, 6.45) is 0. The van der Waals surface area contributed by atoms with Crippen molar-refractivity contribution in [2.75, 3.05) is 38.5 Å². The molecule has 1 aliphatic heterocycles. The highest BCUT2D eigenvalue weighted by Crippen LogP contribution is 2.13. The molecule has 1 fully saturated rings. The number of likely N-dealkylation sites (N-methyl/N-ethyl adjacent to an activating group) is 1. The molecule has 0 saturated carbocycles. The molecule has 1 unspecified atom stereocenters. The molecule has 0 aliphatic carbocycles. The minimum Gasteiger partial charge on any atom is -0.383 e. The Kier molecular flexibility index (Phi) is 3.91. The van der Waals surface area contributed by atoms with Gasteiger partial charge in [0.1, 0.15) is 0 Å². The van der Waals surface area contributed by atoms with Crippen molar-refractivity contribution in [3.05, 3.63) is 29.8 Å². The summed E-state index contributed by atoms with van der Waals surface area (Å²) in [6.45, 7) is 3.63. The van der Waals surface area contributed by atoms with Gasteiger partial charge in [-0.2, -0.15) is 0 Å². The van der Waals surface area contributed by atoms with Crippen LogP contribution in [0.4, 0.5) is 14.5 Å². The molecule has 2 rings (SSSR count). The first-order chi connectivity index (χ1) is 8.16. The van der Waals surface area contributed by atoms with E-state index in [2.05, 4.69) is 22.6 Å². The fourth-order valence-corrected chi connectivity index (χ4v) is 1.93. The highest BCUT2D eigenvalue weighted by atomic mass is 19.2. The second kappa shape index (κ2) is 5.42. The van der Waals surface area contributed by atoms with E-state index in [4.69, 9.17) is 0 Å². The predicted molar refractivity (Wildman–Crippen MR) is 64.1 cm³/mol. The van der Waals surface area contributed by atoms with Gasteiger partial charge in [0, 0.05) is 37.9 Å². The number of nitrogens with one attached hydrogen (secondary N) is 2. The van der Waals surface area contributed by atoms with Crippen molar-refractivity contribution >= 4 is 5.69 Å². The van der Waals surface area contributed by atoms with Gasteiger partial charge in [0.25, 0.3) is 0 Å². The summed E-state index contributed by atoms with van der Waals surface area (Å²) in [5.74, 6) is -1.63. The molecule has 1 aliphatic rings. The second-order valence-electron chi connectivity index (χ2n) is 4.35. The molecule has 1 aromatic rings. The van der Waals surface area contributed by atoms with Crippen LogP contribution in [0.1, 0.15) is 0 Å². The molecule has 1 saturated heterocycles. The normalized spacial score (nSPS) is 21.5. The number of hydrogen-bond donors (Lipinski definition) is 2. The third kappa shape index (κ3) is 3.14. The van der Waals surface area contributed by atoms with Gasteiger partial charge in [-0.05, 0) is 25.2 Å². The number of hydrogen-bond acceptors (Lipinski definition) is 3. The predicted octanol–water partition coefficient (Wildman–Crippen LogP) is 1.28. The van der Waals surface area contributed by atoms with Gasteiger partial charge in [-0.1, -0.05) is 0 Å². The van der Waals surface area contributed by atoms with Gasteiger partial charge in [-0.25, -0.2) is 8.78 Å². The van der Waals surface area contributed by atoms with Crippen LogP contribution in [0.5, 0.6) is 0 Å². The van der Waals surface area contributed by atoms with Gasteiger partial charge >= 0.3 is 0 Å². The van der Waals surface area contributed by atoms with E-state index in [0.717, 1.165) is 25.7 Å². The van der Waals surface area contributed by atoms with Gasteiger partial charge in [0.15, 0.2) is 11.6 Å². The molecule has 0 spiro atoms. The van der Waals surface area contributed by atoms with E-state index in [1.54, 1.807) is 6.07 Å². The summed E-state index contributed by atoms with van der Waals surface area (Å²) in [6, 6.07) is 4.25. The number of piperazine rings is 1. The van der Waals surface area contributed by atoms with Gasteiger partial charge in [0.05, 0.1) is 0 Å². The van der Waals surface area contributed by atoms with Gasteiger partial charge < -0.3 is 10.6 Å². The lowest BCUT2D eigenvalue weighted by Gasteiger charge is -2.33. The van der Waals surface area contributed by atoms with Crippen LogP contribution in [0.3, 0.4) is 0 Å². The third-order valence-corrected chi connectivity index (χ3v) is 3.11. The maximum Gasteiger partial charge on any atom is 0.160 e.